The van der Waals surface area contributed by atoms with Crippen LogP contribution in [0.25, 0.3) is 32.9 Å². The van der Waals surface area contributed by atoms with E-state index in [2.05, 4.69) is 51.3 Å². The molecule has 0 bridgehead atoms. The molecule has 32 heavy (non-hydrogen) atoms. The number of nitrogens with zero attached hydrogens (tertiary/aromatic N) is 4. The van der Waals surface area contributed by atoms with Crippen molar-refractivity contribution < 1.29 is 9.90 Å². The second-order valence-electron chi connectivity index (χ2n) is 8.43. The quantitative estimate of drug-likeness (QED) is 0.449. The van der Waals surface area contributed by atoms with Crippen LogP contribution < -0.4 is 0 Å². The maximum atomic E-state index is 11.5. The molecule has 1 unspecified atom stereocenters. The Labute approximate surface area is 184 Å². The number of carboxylic acids is 1. The first kappa shape index (κ1) is 18.8. The van der Waals surface area contributed by atoms with E-state index in [0.717, 1.165) is 52.8 Å². The predicted octanol–water partition coefficient (Wildman–Crippen LogP) is 4.87. The number of fused-ring (bicyclic) bond motifs is 4. The summed E-state index contributed by atoms with van der Waals surface area (Å²) in [5.41, 5.74) is 5.14. The number of rotatable bonds is 4. The molecular formula is C26H22N4O2. The minimum Gasteiger partial charge on any atom is -0.481 e. The average Bonchev–Trinajstić information content (AvgIpc) is 3.42. The molecule has 6 nitrogen and oxygen atoms in total. The maximum Gasteiger partial charge on any atom is 0.307 e. The highest BCUT2D eigenvalue weighted by molar-refractivity contribution is 5.95. The monoisotopic (exact) mass is 422 g/mol. The summed E-state index contributed by atoms with van der Waals surface area (Å²) in [5.74, 6) is -0.790. The highest BCUT2D eigenvalue weighted by Crippen LogP contribution is 2.35. The summed E-state index contributed by atoms with van der Waals surface area (Å²) in [4.78, 5) is 11.5. The van der Waals surface area contributed by atoms with E-state index in [0.29, 0.717) is 0 Å². The zero-order valence-corrected chi connectivity index (χ0v) is 17.5. The molecule has 1 atom stereocenters. The van der Waals surface area contributed by atoms with E-state index in [9.17, 15) is 9.90 Å². The number of hydrogen-bond donors (Lipinski definition) is 1. The lowest BCUT2D eigenvalue weighted by Crippen LogP contribution is -2.24. The molecular weight excluding hydrogens is 400 g/mol. The first-order valence-corrected chi connectivity index (χ1v) is 10.9. The normalized spacial score (nSPS) is 15.8. The number of para-hydroxylation sites is 1. The van der Waals surface area contributed by atoms with Crippen molar-refractivity contribution in [2.75, 3.05) is 0 Å². The summed E-state index contributed by atoms with van der Waals surface area (Å²) < 4.78 is 4.26. The third-order valence-electron chi connectivity index (χ3n) is 6.58. The number of aromatic nitrogens is 4. The van der Waals surface area contributed by atoms with Crippen LogP contribution in [0.2, 0.25) is 0 Å². The third kappa shape index (κ3) is 2.99. The highest BCUT2D eigenvalue weighted by atomic mass is 16.4. The topological polar surface area (TPSA) is 72.9 Å². The fourth-order valence-corrected chi connectivity index (χ4v) is 5.12. The Bertz CT molecular complexity index is 1470. The van der Waals surface area contributed by atoms with Gasteiger partial charge in [0.05, 0.1) is 18.7 Å². The fraction of sp³-hybridized carbons (Fsp3) is 0.192. The lowest BCUT2D eigenvalue weighted by Gasteiger charge is -2.26. The maximum absolute atomic E-state index is 11.5. The van der Waals surface area contributed by atoms with Crippen LogP contribution in [0.15, 0.2) is 72.9 Å². The molecule has 0 fully saturated rings. The molecule has 0 amide bonds. The van der Waals surface area contributed by atoms with E-state index >= 15 is 0 Å². The van der Waals surface area contributed by atoms with Crippen molar-refractivity contribution in [3.8, 4) is 11.3 Å². The van der Waals surface area contributed by atoms with Gasteiger partial charge in [-0.3, -0.25) is 4.79 Å². The van der Waals surface area contributed by atoms with Crippen molar-refractivity contribution in [2.24, 2.45) is 0 Å². The van der Waals surface area contributed by atoms with Crippen LogP contribution in [0, 0.1) is 0 Å². The molecule has 0 spiro atoms. The van der Waals surface area contributed by atoms with E-state index in [-0.39, 0.29) is 12.5 Å². The molecule has 6 rings (SSSR count). The molecule has 2 aromatic heterocycles. The summed E-state index contributed by atoms with van der Waals surface area (Å²) in [6.07, 6.45) is 3.83. The van der Waals surface area contributed by atoms with Gasteiger partial charge in [0.2, 0.25) is 0 Å². The second kappa shape index (κ2) is 7.34. The van der Waals surface area contributed by atoms with Gasteiger partial charge in [0.15, 0.2) is 0 Å². The van der Waals surface area contributed by atoms with Crippen LogP contribution >= 0.6 is 0 Å². The van der Waals surface area contributed by atoms with Gasteiger partial charge in [-0.1, -0.05) is 65.9 Å². The third-order valence-corrected chi connectivity index (χ3v) is 6.58. The van der Waals surface area contributed by atoms with Gasteiger partial charge in [-0.2, -0.15) is 0 Å². The summed E-state index contributed by atoms with van der Waals surface area (Å²) in [6, 6.07) is 22.8. The first-order valence-electron chi connectivity index (χ1n) is 10.9. The molecule has 0 saturated carbocycles. The molecule has 5 aromatic rings. The molecule has 1 aliphatic heterocycles. The SMILES string of the molecule is O=C(O)Cc1c2n(c3ccccc13)CC(n1cc(-c3cccc4ccccc34)nn1)CC2. The molecule has 158 valence electrons. The Balaban J connectivity index is 1.37. The molecule has 3 heterocycles. The van der Waals surface area contributed by atoms with Crippen molar-refractivity contribution >= 4 is 27.6 Å². The van der Waals surface area contributed by atoms with Crippen molar-refractivity contribution in [2.45, 2.75) is 31.8 Å². The van der Waals surface area contributed by atoms with Gasteiger partial charge in [0.25, 0.3) is 0 Å². The lowest BCUT2D eigenvalue weighted by atomic mass is 10.00. The summed E-state index contributed by atoms with van der Waals surface area (Å²) in [6.45, 7) is 0.758. The number of hydrogen-bond acceptors (Lipinski definition) is 3. The van der Waals surface area contributed by atoms with Crippen molar-refractivity contribution in [1.29, 1.82) is 0 Å². The van der Waals surface area contributed by atoms with Crippen LogP contribution in [-0.2, 0) is 24.2 Å². The van der Waals surface area contributed by atoms with Crippen molar-refractivity contribution in [3.63, 3.8) is 0 Å². The van der Waals surface area contributed by atoms with E-state index < -0.39 is 5.97 Å². The number of aliphatic carboxylic acids is 1. The lowest BCUT2D eigenvalue weighted by molar-refractivity contribution is -0.136. The number of benzene rings is 3. The zero-order chi connectivity index (χ0) is 21.7. The van der Waals surface area contributed by atoms with Gasteiger partial charge in [-0.15, -0.1) is 5.10 Å². The highest BCUT2D eigenvalue weighted by Gasteiger charge is 2.27. The van der Waals surface area contributed by atoms with Crippen LogP contribution in [0.4, 0.5) is 0 Å². The molecule has 1 aliphatic rings. The van der Waals surface area contributed by atoms with Gasteiger partial charge in [-0.05, 0) is 35.2 Å². The second-order valence-corrected chi connectivity index (χ2v) is 8.43. The van der Waals surface area contributed by atoms with Gasteiger partial charge < -0.3 is 9.67 Å². The Kier molecular flexibility index (Phi) is 4.31. The van der Waals surface area contributed by atoms with E-state index in [1.54, 1.807) is 0 Å². The Morgan fingerprint density at radius 2 is 1.78 bits per heavy atom. The molecule has 0 saturated heterocycles. The van der Waals surface area contributed by atoms with Crippen molar-refractivity contribution in [3.05, 3.63) is 84.2 Å². The minimum atomic E-state index is -0.790. The minimum absolute atomic E-state index is 0.0576. The summed E-state index contributed by atoms with van der Waals surface area (Å²) >= 11 is 0. The molecule has 3 aromatic carbocycles. The number of carbonyl (C=O) groups is 1. The van der Waals surface area contributed by atoms with Crippen LogP contribution in [0.1, 0.15) is 23.7 Å². The smallest absolute Gasteiger partial charge is 0.307 e. The van der Waals surface area contributed by atoms with Crippen LogP contribution in [-0.4, -0.2) is 30.6 Å². The zero-order valence-electron chi connectivity index (χ0n) is 17.5. The Hall–Kier alpha value is -3.93. The van der Waals surface area contributed by atoms with E-state index in [1.807, 2.05) is 41.2 Å². The summed E-state index contributed by atoms with van der Waals surface area (Å²) in [7, 11) is 0. The number of carboxylic acid groups (broad SMARTS) is 1. The van der Waals surface area contributed by atoms with Gasteiger partial charge in [0.1, 0.15) is 5.69 Å². The molecule has 1 N–H and O–H groups in total. The molecule has 0 aliphatic carbocycles. The largest absolute Gasteiger partial charge is 0.481 e. The van der Waals surface area contributed by atoms with Gasteiger partial charge in [-0.25, -0.2) is 4.68 Å². The first-order chi connectivity index (χ1) is 15.7. The summed E-state index contributed by atoms with van der Waals surface area (Å²) in [5, 5.41) is 21.8. The van der Waals surface area contributed by atoms with Gasteiger partial charge in [0, 0.05) is 28.7 Å². The van der Waals surface area contributed by atoms with Crippen LogP contribution in [0.3, 0.4) is 0 Å². The van der Waals surface area contributed by atoms with E-state index in [1.165, 1.54) is 10.8 Å². The standard InChI is InChI=1S/C26H22N4O2/c31-26(32)14-22-21-9-3-4-11-24(21)29-15-18(12-13-25(22)29)30-16-23(27-28-30)20-10-5-7-17-6-1-2-8-19(17)20/h1-11,16,18H,12-15H2,(H,31,32). The van der Waals surface area contributed by atoms with E-state index in [4.69, 9.17) is 0 Å². The van der Waals surface area contributed by atoms with Crippen LogP contribution in [0.5, 0.6) is 0 Å². The fourth-order valence-electron chi connectivity index (χ4n) is 5.12. The van der Waals surface area contributed by atoms with Gasteiger partial charge >= 0.3 is 5.97 Å². The molecule has 6 heteroatoms. The Morgan fingerprint density at radius 1 is 1.00 bits per heavy atom. The average molecular weight is 422 g/mol. The molecule has 0 radical (unpaired) electrons. The predicted molar refractivity (Wildman–Crippen MR) is 124 cm³/mol. The Morgan fingerprint density at radius 3 is 2.66 bits per heavy atom. The van der Waals surface area contributed by atoms with Crippen molar-refractivity contribution in [1.82, 2.24) is 19.6 Å².